The minimum absolute atomic E-state index is 0.0354. The Balaban J connectivity index is 1.57. The molecule has 0 aliphatic carbocycles. The Morgan fingerprint density at radius 3 is 2.50 bits per heavy atom. The molecule has 0 radical (unpaired) electrons. The molecule has 1 aromatic heterocycles. The smallest absolute Gasteiger partial charge is 0.330 e. The number of aromatic amines is 1. The SMILES string of the molecule is COC(=O)C1CN(C(=O)C(=O)c2c[nH]c3cccc(F)c23)CCN1C(=O)c1ccccc1. The minimum atomic E-state index is -1.07. The van der Waals surface area contributed by atoms with E-state index in [-0.39, 0.29) is 36.5 Å². The Morgan fingerprint density at radius 2 is 1.78 bits per heavy atom. The molecule has 4 rings (SSSR count). The van der Waals surface area contributed by atoms with Crippen molar-refractivity contribution >= 4 is 34.5 Å². The highest BCUT2D eigenvalue weighted by atomic mass is 19.1. The van der Waals surface area contributed by atoms with Crippen LogP contribution >= 0.6 is 0 Å². The van der Waals surface area contributed by atoms with Crippen LogP contribution in [0.5, 0.6) is 0 Å². The van der Waals surface area contributed by atoms with E-state index in [1.807, 2.05) is 0 Å². The first-order valence-corrected chi connectivity index (χ1v) is 9.95. The molecule has 0 spiro atoms. The molecular formula is C23H20FN3O5. The van der Waals surface area contributed by atoms with Gasteiger partial charge < -0.3 is 19.5 Å². The summed E-state index contributed by atoms with van der Waals surface area (Å²) >= 11 is 0. The number of esters is 1. The van der Waals surface area contributed by atoms with Crippen molar-refractivity contribution in [2.24, 2.45) is 0 Å². The summed E-state index contributed by atoms with van der Waals surface area (Å²) in [7, 11) is 1.19. The van der Waals surface area contributed by atoms with Gasteiger partial charge in [0.05, 0.1) is 19.2 Å². The van der Waals surface area contributed by atoms with Gasteiger partial charge in [-0.25, -0.2) is 9.18 Å². The molecule has 2 aromatic carbocycles. The first-order chi connectivity index (χ1) is 15.4. The number of Topliss-reactive ketones (excluding diaryl/α,β-unsaturated/α-hetero) is 1. The van der Waals surface area contributed by atoms with Gasteiger partial charge in [0.15, 0.2) is 0 Å². The molecule has 1 atom stereocenters. The number of H-pyrrole nitrogens is 1. The van der Waals surface area contributed by atoms with Gasteiger partial charge >= 0.3 is 5.97 Å². The standard InChI is InChI=1S/C23H20FN3O5/c1-32-23(31)18-13-26(10-11-27(18)21(29)14-6-3-2-4-7-14)22(30)20(28)15-12-25-17-9-5-8-16(24)19(15)17/h2-9,12,18,25H,10-11,13H2,1H3. The van der Waals surface area contributed by atoms with Crippen molar-refractivity contribution in [3.8, 4) is 0 Å². The number of benzene rings is 2. The number of halogens is 1. The summed E-state index contributed by atoms with van der Waals surface area (Å²) in [5, 5.41) is 0.0354. The molecule has 0 saturated carbocycles. The van der Waals surface area contributed by atoms with E-state index in [0.717, 1.165) is 0 Å². The topological polar surface area (TPSA) is 99.8 Å². The zero-order valence-corrected chi connectivity index (χ0v) is 17.2. The number of ketones is 1. The molecule has 1 aliphatic heterocycles. The molecule has 1 N–H and O–H groups in total. The van der Waals surface area contributed by atoms with Gasteiger partial charge in [0.25, 0.3) is 17.6 Å². The Labute approximate surface area is 182 Å². The van der Waals surface area contributed by atoms with Crippen molar-refractivity contribution in [2.75, 3.05) is 26.7 Å². The third-order valence-corrected chi connectivity index (χ3v) is 5.52. The van der Waals surface area contributed by atoms with Crippen molar-refractivity contribution in [1.82, 2.24) is 14.8 Å². The number of carbonyl (C=O) groups is 4. The highest BCUT2D eigenvalue weighted by molar-refractivity contribution is 6.45. The fourth-order valence-electron chi connectivity index (χ4n) is 3.87. The molecule has 32 heavy (non-hydrogen) atoms. The Kier molecular flexibility index (Phi) is 5.72. The second-order valence-corrected chi connectivity index (χ2v) is 7.35. The van der Waals surface area contributed by atoms with Crippen LogP contribution in [0.2, 0.25) is 0 Å². The van der Waals surface area contributed by atoms with Crippen LogP contribution in [0.4, 0.5) is 4.39 Å². The number of nitrogens with zero attached hydrogens (tertiary/aromatic N) is 2. The fraction of sp³-hybridized carbons (Fsp3) is 0.217. The summed E-state index contributed by atoms with van der Waals surface area (Å²) in [6.07, 6.45) is 1.29. The number of hydrogen-bond donors (Lipinski definition) is 1. The lowest BCUT2D eigenvalue weighted by atomic mass is 10.1. The summed E-state index contributed by atoms with van der Waals surface area (Å²) in [5.41, 5.74) is 0.707. The average molecular weight is 437 g/mol. The summed E-state index contributed by atoms with van der Waals surface area (Å²) in [5.74, 6) is -3.47. The number of ether oxygens (including phenoxy) is 1. The van der Waals surface area contributed by atoms with Crippen LogP contribution in [-0.4, -0.2) is 71.1 Å². The number of hydrogen-bond acceptors (Lipinski definition) is 5. The highest BCUT2D eigenvalue weighted by Gasteiger charge is 2.39. The van der Waals surface area contributed by atoms with Gasteiger partial charge in [-0.1, -0.05) is 24.3 Å². The Morgan fingerprint density at radius 1 is 1.03 bits per heavy atom. The van der Waals surface area contributed by atoms with Crippen LogP contribution < -0.4 is 0 Å². The molecule has 2 heterocycles. The molecular weight excluding hydrogens is 417 g/mol. The van der Waals surface area contributed by atoms with E-state index in [1.54, 1.807) is 36.4 Å². The lowest BCUT2D eigenvalue weighted by Gasteiger charge is -2.39. The third-order valence-electron chi connectivity index (χ3n) is 5.52. The Hall–Kier alpha value is -4.01. The van der Waals surface area contributed by atoms with Gasteiger partial charge in [0.2, 0.25) is 0 Å². The molecule has 2 amide bonds. The van der Waals surface area contributed by atoms with Gasteiger partial charge in [-0.3, -0.25) is 14.4 Å². The summed E-state index contributed by atoms with van der Waals surface area (Å²) in [6.45, 7) is -0.128. The van der Waals surface area contributed by atoms with E-state index in [2.05, 4.69) is 4.98 Å². The van der Waals surface area contributed by atoms with Crippen molar-refractivity contribution in [3.05, 3.63) is 71.7 Å². The maximum atomic E-state index is 14.3. The monoisotopic (exact) mass is 437 g/mol. The van der Waals surface area contributed by atoms with Gasteiger partial charge in [0, 0.05) is 35.8 Å². The summed E-state index contributed by atoms with van der Waals surface area (Å²) in [6, 6.07) is 11.7. The van der Waals surface area contributed by atoms with E-state index < -0.39 is 29.5 Å². The molecule has 1 aliphatic rings. The predicted molar refractivity (Wildman–Crippen MR) is 112 cm³/mol. The molecule has 1 fully saturated rings. The van der Waals surface area contributed by atoms with Gasteiger partial charge in [-0.2, -0.15) is 0 Å². The number of nitrogens with one attached hydrogen (secondary N) is 1. The molecule has 8 nitrogen and oxygen atoms in total. The minimum Gasteiger partial charge on any atom is -0.467 e. The highest BCUT2D eigenvalue weighted by Crippen LogP contribution is 2.23. The van der Waals surface area contributed by atoms with Crippen molar-refractivity contribution in [2.45, 2.75) is 6.04 Å². The van der Waals surface area contributed by atoms with Crippen molar-refractivity contribution in [3.63, 3.8) is 0 Å². The number of fused-ring (bicyclic) bond motifs is 1. The number of carbonyl (C=O) groups excluding carboxylic acids is 4. The van der Waals surface area contributed by atoms with Crippen molar-refractivity contribution in [1.29, 1.82) is 0 Å². The largest absolute Gasteiger partial charge is 0.467 e. The quantitative estimate of drug-likeness (QED) is 0.382. The van der Waals surface area contributed by atoms with Crippen LogP contribution in [0.1, 0.15) is 20.7 Å². The second kappa shape index (κ2) is 8.62. The number of methoxy groups -OCH3 is 1. The third kappa shape index (κ3) is 3.73. The number of rotatable bonds is 4. The van der Waals surface area contributed by atoms with Crippen LogP contribution in [0.3, 0.4) is 0 Å². The maximum absolute atomic E-state index is 14.3. The van der Waals surface area contributed by atoms with Crippen LogP contribution in [0, 0.1) is 5.82 Å². The average Bonchev–Trinajstić information content (AvgIpc) is 3.28. The number of amides is 2. The maximum Gasteiger partial charge on any atom is 0.330 e. The predicted octanol–water partition coefficient (Wildman–Crippen LogP) is 2.02. The first-order valence-electron chi connectivity index (χ1n) is 9.95. The molecule has 9 heteroatoms. The number of piperazine rings is 1. The van der Waals surface area contributed by atoms with E-state index in [0.29, 0.717) is 11.1 Å². The van der Waals surface area contributed by atoms with Crippen LogP contribution in [-0.2, 0) is 14.3 Å². The first kappa shape index (κ1) is 21.2. The fourth-order valence-corrected chi connectivity index (χ4v) is 3.87. The zero-order chi connectivity index (χ0) is 22.8. The molecule has 164 valence electrons. The van der Waals surface area contributed by atoms with E-state index in [9.17, 15) is 23.6 Å². The van der Waals surface area contributed by atoms with E-state index in [1.165, 1.54) is 35.2 Å². The normalized spacial score (nSPS) is 16.1. The Bertz CT molecular complexity index is 1210. The van der Waals surface area contributed by atoms with Gasteiger partial charge in [0.1, 0.15) is 11.9 Å². The zero-order valence-electron chi connectivity index (χ0n) is 17.2. The summed E-state index contributed by atoms with van der Waals surface area (Å²) < 4.78 is 19.1. The van der Waals surface area contributed by atoms with Gasteiger partial charge in [-0.15, -0.1) is 0 Å². The molecule has 0 bridgehead atoms. The van der Waals surface area contributed by atoms with E-state index in [4.69, 9.17) is 4.74 Å². The van der Waals surface area contributed by atoms with Gasteiger partial charge in [-0.05, 0) is 24.3 Å². The number of aromatic nitrogens is 1. The second-order valence-electron chi connectivity index (χ2n) is 7.35. The van der Waals surface area contributed by atoms with E-state index >= 15 is 0 Å². The van der Waals surface area contributed by atoms with Crippen LogP contribution in [0.15, 0.2) is 54.7 Å². The lowest BCUT2D eigenvalue weighted by molar-refractivity contribution is -0.149. The lowest BCUT2D eigenvalue weighted by Crippen LogP contribution is -2.60. The molecule has 1 saturated heterocycles. The van der Waals surface area contributed by atoms with Crippen LogP contribution in [0.25, 0.3) is 10.9 Å². The molecule has 1 unspecified atom stereocenters. The van der Waals surface area contributed by atoms with Crippen molar-refractivity contribution < 1.29 is 28.3 Å². The summed E-state index contributed by atoms with van der Waals surface area (Å²) in [4.78, 5) is 56.5. The molecule has 3 aromatic rings.